The lowest BCUT2D eigenvalue weighted by molar-refractivity contribution is -0.155. The Balaban J connectivity index is 1.68. The summed E-state index contributed by atoms with van der Waals surface area (Å²) in [5.74, 6) is 0.820. The minimum atomic E-state index is -0.316. The first-order valence-corrected chi connectivity index (χ1v) is 6.87. The number of carbonyl (C=O) groups excluding carboxylic acids is 1. The number of nitrogens with zero attached hydrogens (tertiary/aromatic N) is 1. The number of carbonyl (C=O) groups is 1. The third kappa shape index (κ3) is 3.43. The van der Waals surface area contributed by atoms with Crippen LogP contribution in [0.25, 0.3) is 0 Å². The third-order valence-electron chi connectivity index (χ3n) is 3.75. The van der Waals surface area contributed by atoms with Gasteiger partial charge < -0.3 is 19.7 Å². The van der Waals surface area contributed by atoms with Crippen LogP contribution in [0.15, 0.2) is 0 Å². The highest BCUT2D eigenvalue weighted by Crippen LogP contribution is 2.30. The number of hydrogen-bond acceptors (Lipinski definition) is 4. The summed E-state index contributed by atoms with van der Waals surface area (Å²) in [4.78, 5) is 14.0. The van der Waals surface area contributed by atoms with Crippen LogP contribution in [0.4, 0.5) is 0 Å². The molecular weight excluding hydrogens is 232 g/mol. The Morgan fingerprint density at radius 1 is 1.44 bits per heavy atom. The Morgan fingerprint density at radius 2 is 2.11 bits per heavy atom. The van der Waals surface area contributed by atoms with Crippen LogP contribution in [-0.2, 0) is 14.3 Å². The van der Waals surface area contributed by atoms with E-state index in [0.29, 0.717) is 32.2 Å². The molecule has 1 atom stereocenters. The zero-order valence-electron chi connectivity index (χ0n) is 11.4. The molecule has 2 rings (SSSR count). The summed E-state index contributed by atoms with van der Waals surface area (Å²) in [5.41, 5.74) is 0. The van der Waals surface area contributed by atoms with Gasteiger partial charge in [-0.25, -0.2) is 0 Å². The predicted octanol–water partition coefficient (Wildman–Crippen LogP) is 0.248. The Kier molecular flexibility index (Phi) is 4.97. The monoisotopic (exact) mass is 256 g/mol. The molecule has 1 amide bonds. The van der Waals surface area contributed by atoms with Gasteiger partial charge in [-0.1, -0.05) is 0 Å². The molecule has 1 heterocycles. The second kappa shape index (κ2) is 6.50. The molecule has 0 aromatic heterocycles. The van der Waals surface area contributed by atoms with Crippen LogP contribution < -0.4 is 5.32 Å². The van der Waals surface area contributed by atoms with Crippen molar-refractivity contribution in [1.29, 1.82) is 0 Å². The molecular formula is C13H24N2O3. The van der Waals surface area contributed by atoms with Crippen LogP contribution in [0.5, 0.6) is 0 Å². The van der Waals surface area contributed by atoms with E-state index < -0.39 is 0 Å². The summed E-state index contributed by atoms with van der Waals surface area (Å²) in [7, 11) is 1.97. The summed E-state index contributed by atoms with van der Waals surface area (Å²) in [6.07, 6.45) is 2.09. The Morgan fingerprint density at radius 3 is 2.72 bits per heavy atom. The van der Waals surface area contributed by atoms with E-state index in [2.05, 4.69) is 5.32 Å². The average molecular weight is 256 g/mol. The lowest BCUT2D eigenvalue weighted by Gasteiger charge is -2.37. The second-order valence-electron chi connectivity index (χ2n) is 5.23. The van der Waals surface area contributed by atoms with Crippen molar-refractivity contribution < 1.29 is 14.3 Å². The maximum Gasteiger partial charge on any atom is 0.251 e. The SMILES string of the molecule is CNCC1CC(OC(C)C(=O)N2CCOCC2)C1. The van der Waals surface area contributed by atoms with Gasteiger partial charge in [0.2, 0.25) is 0 Å². The van der Waals surface area contributed by atoms with E-state index in [4.69, 9.17) is 9.47 Å². The van der Waals surface area contributed by atoms with Gasteiger partial charge in [-0.2, -0.15) is 0 Å². The summed E-state index contributed by atoms with van der Waals surface area (Å²) in [6.45, 7) is 5.59. The van der Waals surface area contributed by atoms with Gasteiger partial charge in [-0.05, 0) is 39.3 Å². The first kappa shape index (κ1) is 13.8. The summed E-state index contributed by atoms with van der Waals surface area (Å²) < 4.78 is 11.1. The molecule has 2 aliphatic rings. The lowest BCUT2D eigenvalue weighted by Crippen LogP contribution is -2.48. The van der Waals surface area contributed by atoms with Crippen LogP contribution in [0, 0.1) is 5.92 Å². The molecule has 1 unspecified atom stereocenters. The van der Waals surface area contributed by atoms with Crippen LogP contribution in [0.3, 0.4) is 0 Å². The highest BCUT2D eigenvalue weighted by Gasteiger charge is 2.33. The molecule has 18 heavy (non-hydrogen) atoms. The molecule has 104 valence electrons. The second-order valence-corrected chi connectivity index (χ2v) is 5.23. The quantitative estimate of drug-likeness (QED) is 0.766. The molecule has 0 spiro atoms. The van der Waals surface area contributed by atoms with Crippen molar-refractivity contribution in [3.05, 3.63) is 0 Å². The predicted molar refractivity (Wildman–Crippen MR) is 68.4 cm³/mol. The fourth-order valence-electron chi connectivity index (χ4n) is 2.63. The number of morpholine rings is 1. The van der Waals surface area contributed by atoms with Crippen molar-refractivity contribution in [3.8, 4) is 0 Å². The summed E-state index contributed by atoms with van der Waals surface area (Å²) >= 11 is 0. The van der Waals surface area contributed by atoms with E-state index in [-0.39, 0.29) is 18.1 Å². The van der Waals surface area contributed by atoms with Gasteiger partial charge in [0.1, 0.15) is 6.10 Å². The Labute approximate surface area is 109 Å². The van der Waals surface area contributed by atoms with Crippen molar-refractivity contribution in [2.75, 3.05) is 39.9 Å². The number of hydrogen-bond donors (Lipinski definition) is 1. The molecule has 1 N–H and O–H groups in total. The smallest absolute Gasteiger partial charge is 0.251 e. The van der Waals surface area contributed by atoms with Crippen molar-refractivity contribution >= 4 is 5.91 Å². The molecule has 5 nitrogen and oxygen atoms in total. The Hall–Kier alpha value is -0.650. The van der Waals surface area contributed by atoms with Gasteiger partial charge in [0.05, 0.1) is 19.3 Å². The van der Waals surface area contributed by atoms with E-state index in [1.54, 1.807) is 0 Å². The van der Waals surface area contributed by atoms with Gasteiger partial charge in [0.15, 0.2) is 0 Å². The lowest BCUT2D eigenvalue weighted by atomic mass is 9.82. The van der Waals surface area contributed by atoms with E-state index in [0.717, 1.165) is 19.4 Å². The van der Waals surface area contributed by atoms with Gasteiger partial charge in [0.25, 0.3) is 5.91 Å². The fraction of sp³-hybridized carbons (Fsp3) is 0.923. The molecule has 1 aliphatic carbocycles. The zero-order valence-corrected chi connectivity index (χ0v) is 11.4. The van der Waals surface area contributed by atoms with Gasteiger partial charge in [0, 0.05) is 13.1 Å². The molecule has 0 bridgehead atoms. The van der Waals surface area contributed by atoms with Crippen LogP contribution >= 0.6 is 0 Å². The van der Waals surface area contributed by atoms with Gasteiger partial charge in [-0.15, -0.1) is 0 Å². The largest absolute Gasteiger partial charge is 0.378 e. The fourth-order valence-corrected chi connectivity index (χ4v) is 2.63. The number of ether oxygens (including phenoxy) is 2. The molecule has 1 saturated carbocycles. The standard InChI is InChI=1S/C13H24N2O3/c1-10(13(16)15-3-5-17-6-4-15)18-12-7-11(8-12)9-14-2/h10-12,14H,3-9H2,1-2H3. The van der Waals surface area contributed by atoms with E-state index in [9.17, 15) is 4.79 Å². The molecule has 1 saturated heterocycles. The third-order valence-corrected chi connectivity index (χ3v) is 3.75. The van der Waals surface area contributed by atoms with E-state index in [1.165, 1.54) is 0 Å². The first-order chi connectivity index (χ1) is 8.70. The minimum absolute atomic E-state index is 0.107. The topological polar surface area (TPSA) is 50.8 Å². The molecule has 5 heteroatoms. The number of nitrogens with one attached hydrogen (secondary N) is 1. The molecule has 0 aromatic carbocycles. The molecule has 2 fully saturated rings. The maximum atomic E-state index is 12.1. The minimum Gasteiger partial charge on any atom is -0.378 e. The molecule has 1 aliphatic heterocycles. The van der Waals surface area contributed by atoms with Crippen LogP contribution in [-0.4, -0.2) is 62.9 Å². The number of rotatable bonds is 5. The summed E-state index contributed by atoms with van der Waals surface area (Å²) in [5, 5.41) is 3.17. The first-order valence-electron chi connectivity index (χ1n) is 6.87. The zero-order chi connectivity index (χ0) is 13.0. The van der Waals surface area contributed by atoms with Crippen molar-refractivity contribution in [2.45, 2.75) is 32.0 Å². The highest BCUT2D eigenvalue weighted by molar-refractivity contribution is 5.80. The van der Waals surface area contributed by atoms with Crippen molar-refractivity contribution in [1.82, 2.24) is 10.2 Å². The van der Waals surface area contributed by atoms with Crippen molar-refractivity contribution in [2.24, 2.45) is 5.92 Å². The Bertz CT molecular complexity index is 273. The molecule has 0 radical (unpaired) electrons. The normalized spacial score (nSPS) is 29.8. The van der Waals surface area contributed by atoms with Gasteiger partial charge >= 0.3 is 0 Å². The highest BCUT2D eigenvalue weighted by atomic mass is 16.5. The molecule has 0 aromatic rings. The van der Waals surface area contributed by atoms with Gasteiger partial charge in [-0.3, -0.25) is 4.79 Å². The maximum absolute atomic E-state index is 12.1. The van der Waals surface area contributed by atoms with Crippen LogP contribution in [0.2, 0.25) is 0 Å². The van der Waals surface area contributed by atoms with E-state index >= 15 is 0 Å². The van der Waals surface area contributed by atoms with E-state index in [1.807, 2.05) is 18.9 Å². The van der Waals surface area contributed by atoms with Crippen LogP contribution in [0.1, 0.15) is 19.8 Å². The summed E-state index contributed by atoms with van der Waals surface area (Å²) in [6, 6.07) is 0. The number of amides is 1. The van der Waals surface area contributed by atoms with Crippen molar-refractivity contribution in [3.63, 3.8) is 0 Å². The average Bonchev–Trinajstić information content (AvgIpc) is 2.36.